The van der Waals surface area contributed by atoms with Crippen molar-refractivity contribution in [1.29, 1.82) is 5.26 Å². The lowest BCUT2D eigenvalue weighted by atomic mass is 10.2. The lowest BCUT2D eigenvalue weighted by Crippen LogP contribution is -1.94. The molecule has 0 radical (unpaired) electrons. The van der Waals surface area contributed by atoms with Crippen molar-refractivity contribution in [3.8, 4) is 6.07 Å². The number of nitrogens with zero attached hydrogens (tertiary/aromatic N) is 2. The molecular formula is C13H10ClN3. The highest BCUT2D eigenvalue weighted by Crippen LogP contribution is 2.22. The second-order valence-electron chi connectivity index (χ2n) is 3.63. The zero-order valence-corrected chi connectivity index (χ0v) is 9.99. The second kappa shape index (κ2) is 4.86. The normalized spacial score (nSPS) is 9.71. The van der Waals surface area contributed by atoms with Crippen molar-refractivity contribution in [3.63, 3.8) is 0 Å². The Morgan fingerprint density at radius 3 is 2.82 bits per heavy atom. The molecule has 0 aliphatic carbocycles. The van der Waals surface area contributed by atoms with Gasteiger partial charge in [0.1, 0.15) is 5.82 Å². The van der Waals surface area contributed by atoms with Crippen molar-refractivity contribution in [2.24, 2.45) is 0 Å². The molecule has 0 aliphatic heterocycles. The molecule has 0 saturated heterocycles. The molecule has 4 heteroatoms. The van der Waals surface area contributed by atoms with Gasteiger partial charge in [0.05, 0.1) is 11.6 Å². The Kier molecular flexibility index (Phi) is 3.27. The SMILES string of the molecule is Cc1ccc(Nc2cc(C#N)ccn2)cc1Cl. The fourth-order valence-electron chi connectivity index (χ4n) is 1.39. The van der Waals surface area contributed by atoms with E-state index < -0.39 is 0 Å². The van der Waals surface area contributed by atoms with Crippen LogP contribution in [0.2, 0.25) is 5.02 Å². The van der Waals surface area contributed by atoms with Crippen LogP contribution in [-0.4, -0.2) is 4.98 Å². The van der Waals surface area contributed by atoms with Gasteiger partial charge in [-0.05, 0) is 36.8 Å². The molecule has 0 spiro atoms. The molecule has 1 heterocycles. The van der Waals surface area contributed by atoms with Gasteiger partial charge in [-0.1, -0.05) is 17.7 Å². The lowest BCUT2D eigenvalue weighted by molar-refractivity contribution is 1.29. The molecule has 3 nitrogen and oxygen atoms in total. The molecule has 0 fully saturated rings. The standard InChI is InChI=1S/C13H10ClN3/c1-9-2-3-11(7-12(9)14)17-13-6-10(8-15)4-5-16-13/h2-7H,1H3,(H,16,17). The number of nitrogens with one attached hydrogen (secondary N) is 1. The van der Waals surface area contributed by atoms with E-state index in [1.807, 2.05) is 25.1 Å². The molecule has 84 valence electrons. The largest absolute Gasteiger partial charge is 0.340 e. The van der Waals surface area contributed by atoms with Crippen LogP contribution in [0.1, 0.15) is 11.1 Å². The van der Waals surface area contributed by atoms with Crippen molar-refractivity contribution in [2.45, 2.75) is 6.92 Å². The maximum Gasteiger partial charge on any atom is 0.131 e. The van der Waals surface area contributed by atoms with E-state index in [1.54, 1.807) is 18.3 Å². The van der Waals surface area contributed by atoms with Gasteiger partial charge in [0.25, 0.3) is 0 Å². The molecule has 0 amide bonds. The third-order valence-electron chi connectivity index (χ3n) is 2.33. The number of halogens is 1. The summed E-state index contributed by atoms with van der Waals surface area (Å²) in [6.07, 6.45) is 1.59. The first kappa shape index (κ1) is 11.4. The van der Waals surface area contributed by atoms with Crippen molar-refractivity contribution in [2.75, 3.05) is 5.32 Å². The van der Waals surface area contributed by atoms with Gasteiger partial charge in [-0.25, -0.2) is 4.98 Å². The third-order valence-corrected chi connectivity index (χ3v) is 2.74. The van der Waals surface area contributed by atoms with Crippen LogP contribution >= 0.6 is 11.6 Å². The van der Waals surface area contributed by atoms with Gasteiger partial charge in [-0.3, -0.25) is 0 Å². The highest BCUT2D eigenvalue weighted by Gasteiger charge is 2.00. The number of aryl methyl sites for hydroxylation is 1. The van der Waals surface area contributed by atoms with Crippen LogP contribution in [0.15, 0.2) is 36.5 Å². The quantitative estimate of drug-likeness (QED) is 0.876. The molecule has 2 aromatic rings. The summed E-state index contributed by atoms with van der Waals surface area (Å²) in [7, 11) is 0. The number of hydrogen-bond acceptors (Lipinski definition) is 3. The minimum atomic E-state index is 0.570. The lowest BCUT2D eigenvalue weighted by Gasteiger charge is -2.07. The maximum atomic E-state index is 8.78. The summed E-state index contributed by atoms with van der Waals surface area (Å²) in [5.41, 5.74) is 2.44. The molecule has 0 aliphatic rings. The van der Waals surface area contributed by atoms with Gasteiger partial charge in [0, 0.05) is 16.9 Å². The summed E-state index contributed by atoms with van der Waals surface area (Å²) < 4.78 is 0. The number of aromatic nitrogens is 1. The molecule has 0 bridgehead atoms. The monoisotopic (exact) mass is 243 g/mol. The maximum absolute atomic E-state index is 8.78. The molecule has 1 aromatic heterocycles. The second-order valence-corrected chi connectivity index (χ2v) is 4.04. The summed E-state index contributed by atoms with van der Waals surface area (Å²) in [6.45, 7) is 1.95. The number of hydrogen-bond donors (Lipinski definition) is 1. The van der Waals surface area contributed by atoms with Gasteiger partial charge in [-0.2, -0.15) is 5.26 Å². The van der Waals surface area contributed by atoms with Gasteiger partial charge >= 0.3 is 0 Å². The van der Waals surface area contributed by atoms with Crippen molar-refractivity contribution >= 4 is 23.1 Å². The summed E-state index contributed by atoms with van der Waals surface area (Å²) in [5, 5.41) is 12.6. The molecule has 0 atom stereocenters. The van der Waals surface area contributed by atoms with Crippen LogP contribution < -0.4 is 5.32 Å². The van der Waals surface area contributed by atoms with E-state index in [0.717, 1.165) is 11.3 Å². The molecule has 0 unspecified atom stereocenters. The summed E-state index contributed by atoms with van der Waals surface area (Å²) >= 11 is 6.03. The van der Waals surface area contributed by atoms with E-state index in [4.69, 9.17) is 16.9 Å². The number of anilines is 2. The van der Waals surface area contributed by atoms with Crippen molar-refractivity contribution < 1.29 is 0 Å². The van der Waals surface area contributed by atoms with Crippen molar-refractivity contribution in [3.05, 3.63) is 52.7 Å². The fraction of sp³-hybridized carbons (Fsp3) is 0.0769. The van der Waals surface area contributed by atoms with Gasteiger partial charge < -0.3 is 5.32 Å². The molecule has 17 heavy (non-hydrogen) atoms. The van der Waals surface area contributed by atoms with E-state index >= 15 is 0 Å². The number of benzene rings is 1. The Hall–Kier alpha value is -2.05. The fourth-order valence-corrected chi connectivity index (χ4v) is 1.57. The topological polar surface area (TPSA) is 48.7 Å². The first-order valence-corrected chi connectivity index (χ1v) is 5.46. The first-order valence-electron chi connectivity index (χ1n) is 5.08. The zero-order valence-electron chi connectivity index (χ0n) is 9.24. The van der Waals surface area contributed by atoms with Crippen LogP contribution in [0.5, 0.6) is 0 Å². The van der Waals surface area contributed by atoms with E-state index in [2.05, 4.69) is 16.4 Å². The van der Waals surface area contributed by atoms with E-state index in [1.165, 1.54) is 0 Å². The minimum Gasteiger partial charge on any atom is -0.340 e. The predicted molar refractivity (Wildman–Crippen MR) is 68.4 cm³/mol. The summed E-state index contributed by atoms with van der Waals surface area (Å²) in [5.74, 6) is 0.629. The van der Waals surface area contributed by atoms with Crippen LogP contribution in [0.25, 0.3) is 0 Å². The van der Waals surface area contributed by atoms with Gasteiger partial charge in [-0.15, -0.1) is 0 Å². The van der Waals surface area contributed by atoms with Crippen molar-refractivity contribution in [1.82, 2.24) is 4.98 Å². The third kappa shape index (κ3) is 2.74. The molecule has 0 saturated carbocycles. The number of pyridine rings is 1. The van der Waals surface area contributed by atoms with E-state index in [-0.39, 0.29) is 0 Å². The predicted octanol–water partition coefficient (Wildman–Crippen LogP) is 3.66. The van der Waals surface area contributed by atoms with Crippen LogP contribution in [0.4, 0.5) is 11.5 Å². The van der Waals surface area contributed by atoms with E-state index in [9.17, 15) is 0 Å². The molecular weight excluding hydrogens is 234 g/mol. The van der Waals surface area contributed by atoms with Crippen LogP contribution in [0.3, 0.4) is 0 Å². The minimum absolute atomic E-state index is 0.570. The Morgan fingerprint density at radius 2 is 2.12 bits per heavy atom. The number of rotatable bonds is 2. The average molecular weight is 244 g/mol. The summed E-state index contributed by atoms with van der Waals surface area (Å²) in [4.78, 5) is 4.13. The molecule has 1 aromatic carbocycles. The number of nitriles is 1. The van der Waals surface area contributed by atoms with Crippen LogP contribution in [0, 0.1) is 18.3 Å². The molecule has 2 rings (SSSR count). The van der Waals surface area contributed by atoms with Gasteiger partial charge in [0.15, 0.2) is 0 Å². The average Bonchev–Trinajstić information content (AvgIpc) is 2.34. The Morgan fingerprint density at radius 1 is 1.29 bits per heavy atom. The van der Waals surface area contributed by atoms with Crippen LogP contribution in [-0.2, 0) is 0 Å². The van der Waals surface area contributed by atoms with E-state index in [0.29, 0.717) is 16.4 Å². The highest BCUT2D eigenvalue weighted by atomic mass is 35.5. The first-order chi connectivity index (χ1) is 8.19. The Bertz CT molecular complexity index is 587. The summed E-state index contributed by atoms with van der Waals surface area (Å²) in [6, 6.07) is 11.1. The zero-order chi connectivity index (χ0) is 12.3. The Labute approximate surface area is 105 Å². The smallest absolute Gasteiger partial charge is 0.131 e. The molecule has 1 N–H and O–H groups in total. The van der Waals surface area contributed by atoms with Gasteiger partial charge in [0.2, 0.25) is 0 Å². The Balaban J connectivity index is 2.25. The highest BCUT2D eigenvalue weighted by molar-refractivity contribution is 6.31.